The number of hydrogen-bond acceptors (Lipinski definition) is 4. The number of rotatable bonds is 4. The molecule has 118 valence electrons. The maximum absolute atomic E-state index is 12.5. The molecule has 21 heavy (non-hydrogen) atoms. The molecule has 1 aliphatic carbocycles. The highest BCUT2D eigenvalue weighted by Gasteiger charge is 2.66. The lowest BCUT2D eigenvalue weighted by Gasteiger charge is -2.32. The zero-order valence-electron chi connectivity index (χ0n) is 12.8. The fraction of sp³-hybridized carbons (Fsp3) is 0.800. The largest absolute Gasteiger partial charge is 0.481 e. The molecule has 6 nitrogen and oxygen atoms in total. The van der Waals surface area contributed by atoms with Crippen molar-refractivity contribution < 1.29 is 24.2 Å². The van der Waals surface area contributed by atoms with Crippen LogP contribution in [0.25, 0.3) is 0 Å². The van der Waals surface area contributed by atoms with E-state index in [2.05, 4.69) is 0 Å². The molecule has 0 unspecified atom stereocenters. The molecule has 2 rings (SSSR count). The first-order valence-corrected chi connectivity index (χ1v) is 7.49. The van der Waals surface area contributed by atoms with Gasteiger partial charge in [0.25, 0.3) is 0 Å². The van der Waals surface area contributed by atoms with E-state index in [-0.39, 0.29) is 17.8 Å². The second-order valence-corrected chi connectivity index (χ2v) is 6.49. The second kappa shape index (κ2) is 5.66. The molecule has 1 heterocycles. The summed E-state index contributed by atoms with van der Waals surface area (Å²) >= 11 is 0. The molecule has 1 N–H and O–H groups in total. The summed E-state index contributed by atoms with van der Waals surface area (Å²) in [5, 5.41) is 9.17. The van der Waals surface area contributed by atoms with E-state index in [1.165, 1.54) is 0 Å². The van der Waals surface area contributed by atoms with Gasteiger partial charge in [0.15, 0.2) is 0 Å². The normalized spacial score (nSPS) is 30.6. The molecule has 3 atom stereocenters. The van der Waals surface area contributed by atoms with Crippen LogP contribution in [-0.4, -0.2) is 47.5 Å². The van der Waals surface area contributed by atoms with Gasteiger partial charge in [-0.15, -0.1) is 0 Å². The molecule has 0 aromatic heterocycles. The smallest absolute Gasteiger partial charge is 0.310 e. The van der Waals surface area contributed by atoms with Crippen LogP contribution in [0.3, 0.4) is 0 Å². The van der Waals surface area contributed by atoms with Crippen molar-refractivity contribution in [3.05, 3.63) is 0 Å². The van der Waals surface area contributed by atoms with Crippen LogP contribution in [0.5, 0.6) is 0 Å². The number of carboxylic acid groups (broad SMARTS) is 1. The summed E-state index contributed by atoms with van der Waals surface area (Å²) in [7, 11) is 0. The van der Waals surface area contributed by atoms with E-state index >= 15 is 0 Å². The highest BCUT2D eigenvalue weighted by atomic mass is 16.5. The van der Waals surface area contributed by atoms with Crippen molar-refractivity contribution >= 4 is 17.8 Å². The molecule has 1 amide bonds. The number of likely N-dealkylation sites (tertiary alicyclic amines) is 1. The lowest BCUT2D eigenvalue weighted by atomic mass is 9.97. The van der Waals surface area contributed by atoms with E-state index in [4.69, 9.17) is 4.74 Å². The van der Waals surface area contributed by atoms with Gasteiger partial charge in [-0.2, -0.15) is 0 Å². The number of esters is 1. The van der Waals surface area contributed by atoms with Gasteiger partial charge in [-0.25, -0.2) is 0 Å². The van der Waals surface area contributed by atoms with Crippen molar-refractivity contribution in [2.24, 2.45) is 23.2 Å². The highest BCUT2D eigenvalue weighted by Crippen LogP contribution is 2.59. The first kappa shape index (κ1) is 15.8. The van der Waals surface area contributed by atoms with Crippen LogP contribution in [-0.2, 0) is 19.1 Å². The number of aliphatic carboxylic acids is 1. The average Bonchev–Trinajstić information content (AvgIpc) is 3.01. The summed E-state index contributed by atoms with van der Waals surface area (Å²) in [5.74, 6) is -2.70. The minimum Gasteiger partial charge on any atom is -0.481 e. The van der Waals surface area contributed by atoms with E-state index in [9.17, 15) is 19.5 Å². The minimum atomic E-state index is -0.919. The second-order valence-electron chi connectivity index (χ2n) is 6.49. The Labute approximate surface area is 124 Å². The molecule has 0 spiro atoms. The summed E-state index contributed by atoms with van der Waals surface area (Å²) in [4.78, 5) is 37.2. The summed E-state index contributed by atoms with van der Waals surface area (Å²) in [6, 6.07) is 0. The van der Waals surface area contributed by atoms with Crippen molar-refractivity contribution in [2.75, 3.05) is 19.7 Å². The Balaban J connectivity index is 2.00. The molecule has 1 aliphatic heterocycles. The number of carbonyl (C=O) groups is 3. The third-order valence-electron chi connectivity index (χ3n) is 4.71. The molecular weight excluding hydrogens is 274 g/mol. The Morgan fingerprint density at radius 1 is 1.29 bits per heavy atom. The first-order chi connectivity index (χ1) is 9.80. The molecule has 2 aliphatic rings. The minimum absolute atomic E-state index is 0.138. The van der Waals surface area contributed by atoms with E-state index in [1.54, 1.807) is 25.7 Å². The average molecular weight is 297 g/mol. The number of nitrogens with zero attached hydrogens (tertiary/aromatic N) is 1. The number of ether oxygens (including phenoxy) is 1. The molecule has 1 saturated carbocycles. The SMILES string of the molecule is CCOC(=O)[C@H]1CCCN(C(=O)[C@@H]2[C@@H](C(=O)O)C2(C)C)C1. The van der Waals surface area contributed by atoms with E-state index in [1.807, 2.05) is 0 Å². The van der Waals surface area contributed by atoms with Crippen molar-refractivity contribution in [1.29, 1.82) is 0 Å². The van der Waals surface area contributed by atoms with Crippen LogP contribution >= 0.6 is 0 Å². The monoisotopic (exact) mass is 297 g/mol. The zero-order chi connectivity index (χ0) is 15.8. The topological polar surface area (TPSA) is 83.9 Å². The number of carboxylic acids is 1. The maximum atomic E-state index is 12.5. The standard InChI is InChI=1S/C15H23NO5/c1-4-21-14(20)9-6-5-7-16(8-9)12(17)10-11(13(18)19)15(10,2)3/h9-11H,4-8H2,1-3H3,(H,18,19)/t9-,10-,11-/m0/s1. The van der Waals surface area contributed by atoms with Crippen molar-refractivity contribution in [2.45, 2.75) is 33.6 Å². The highest BCUT2D eigenvalue weighted by molar-refractivity contribution is 5.92. The molecule has 0 bridgehead atoms. The van der Waals surface area contributed by atoms with Gasteiger partial charge >= 0.3 is 11.9 Å². The lowest BCUT2D eigenvalue weighted by molar-refractivity contribution is -0.152. The van der Waals surface area contributed by atoms with Gasteiger partial charge in [0.05, 0.1) is 24.4 Å². The van der Waals surface area contributed by atoms with Gasteiger partial charge in [0.2, 0.25) is 5.91 Å². The fourth-order valence-electron chi connectivity index (χ4n) is 3.39. The Hall–Kier alpha value is -1.59. The van der Waals surface area contributed by atoms with E-state index in [0.717, 1.165) is 12.8 Å². The van der Waals surface area contributed by atoms with Gasteiger partial charge in [-0.3, -0.25) is 14.4 Å². The fourth-order valence-corrected chi connectivity index (χ4v) is 3.39. The number of carbonyl (C=O) groups excluding carboxylic acids is 2. The van der Waals surface area contributed by atoms with Crippen molar-refractivity contribution in [1.82, 2.24) is 4.90 Å². The zero-order valence-corrected chi connectivity index (χ0v) is 12.8. The first-order valence-electron chi connectivity index (χ1n) is 7.49. The Morgan fingerprint density at radius 3 is 2.48 bits per heavy atom. The molecule has 6 heteroatoms. The van der Waals surface area contributed by atoms with Gasteiger partial charge in [0.1, 0.15) is 0 Å². The van der Waals surface area contributed by atoms with Crippen molar-refractivity contribution in [3.63, 3.8) is 0 Å². The maximum Gasteiger partial charge on any atom is 0.310 e. The number of hydrogen-bond donors (Lipinski definition) is 1. The van der Waals surface area contributed by atoms with Gasteiger partial charge < -0.3 is 14.7 Å². The molecule has 0 radical (unpaired) electrons. The Kier molecular flexibility index (Phi) is 4.25. The van der Waals surface area contributed by atoms with Crippen LogP contribution in [0, 0.1) is 23.2 Å². The van der Waals surface area contributed by atoms with Crippen molar-refractivity contribution in [3.8, 4) is 0 Å². The van der Waals surface area contributed by atoms with E-state index in [0.29, 0.717) is 19.7 Å². The van der Waals surface area contributed by atoms with Crippen LogP contribution in [0.4, 0.5) is 0 Å². The van der Waals surface area contributed by atoms with Gasteiger partial charge in [-0.05, 0) is 25.2 Å². The number of piperidine rings is 1. The summed E-state index contributed by atoms with van der Waals surface area (Å²) < 4.78 is 5.01. The number of amides is 1. The molecular formula is C15H23NO5. The van der Waals surface area contributed by atoms with Crippen LogP contribution in [0.1, 0.15) is 33.6 Å². The van der Waals surface area contributed by atoms with E-state index < -0.39 is 23.2 Å². The van der Waals surface area contributed by atoms with Crippen LogP contribution < -0.4 is 0 Å². The molecule has 2 fully saturated rings. The summed E-state index contributed by atoms with van der Waals surface area (Å²) in [6.07, 6.45) is 1.47. The third kappa shape index (κ3) is 2.89. The molecule has 0 aromatic carbocycles. The van der Waals surface area contributed by atoms with Crippen LogP contribution in [0.2, 0.25) is 0 Å². The summed E-state index contributed by atoms with van der Waals surface area (Å²) in [5.41, 5.74) is -0.500. The lowest BCUT2D eigenvalue weighted by Crippen LogP contribution is -2.44. The Bertz CT molecular complexity index is 459. The molecule has 0 aromatic rings. The van der Waals surface area contributed by atoms with Crippen LogP contribution in [0.15, 0.2) is 0 Å². The quantitative estimate of drug-likeness (QED) is 0.787. The Morgan fingerprint density at radius 2 is 1.95 bits per heavy atom. The van der Waals surface area contributed by atoms with Gasteiger partial charge in [0, 0.05) is 13.1 Å². The third-order valence-corrected chi connectivity index (χ3v) is 4.71. The predicted molar refractivity (Wildman–Crippen MR) is 74.3 cm³/mol. The summed E-state index contributed by atoms with van der Waals surface area (Å²) in [6.45, 7) is 6.64. The van der Waals surface area contributed by atoms with Gasteiger partial charge in [-0.1, -0.05) is 13.8 Å². The predicted octanol–water partition coefficient (Wildman–Crippen LogP) is 1.14. The molecule has 1 saturated heterocycles.